The van der Waals surface area contributed by atoms with E-state index in [0.717, 1.165) is 6.42 Å². The van der Waals surface area contributed by atoms with Gasteiger partial charge < -0.3 is 0 Å². The average molecular weight is 331 g/mol. The van der Waals surface area contributed by atoms with Crippen LogP contribution in [0.5, 0.6) is 0 Å². The molecule has 132 valence electrons. The van der Waals surface area contributed by atoms with Crippen molar-refractivity contribution in [2.75, 3.05) is 11.6 Å². The van der Waals surface area contributed by atoms with E-state index < -0.39 is 0 Å². The van der Waals surface area contributed by atoms with Gasteiger partial charge in [-0.1, -0.05) is 41.5 Å². The van der Waals surface area contributed by atoms with Crippen molar-refractivity contribution in [3.63, 3.8) is 0 Å². The third-order valence-corrected chi connectivity index (χ3v) is 3.36. The van der Waals surface area contributed by atoms with Gasteiger partial charge in [0.15, 0.2) is 5.82 Å². The maximum Gasteiger partial charge on any atom is 0.242 e. The number of carbonyl (C=O) groups excluding carboxylic acids is 1. The summed E-state index contributed by atoms with van der Waals surface area (Å²) in [6, 6.07) is 3.55. The van der Waals surface area contributed by atoms with Crippen LogP contribution in [0.3, 0.4) is 0 Å². The van der Waals surface area contributed by atoms with Gasteiger partial charge >= 0.3 is 0 Å². The van der Waals surface area contributed by atoms with E-state index in [9.17, 15) is 4.79 Å². The number of aromatic nitrogens is 2. The smallest absolute Gasteiger partial charge is 0.242 e. The monoisotopic (exact) mass is 331 g/mol. The molecule has 1 rings (SSSR count). The van der Waals surface area contributed by atoms with Crippen LogP contribution in [-0.2, 0) is 4.79 Å². The molecule has 0 aliphatic carbocycles. The molecule has 1 unspecified atom stereocenters. The third-order valence-electron chi connectivity index (χ3n) is 3.36. The number of nitrogens with one attached hydrogen (secondary N) is 1. The number of hydrazine groups is 1. The molecule has 0 aliphatic heterocycles. The largest absolute Gasteiger partial charge is 0.273 e. The highest BCUT2D eigenvalue weighted by atomic mass is 16.2. The van der Waals surface area contributed by atoms with Gasteiger partial charge in [0.25, 0.3) is 0 Å². The Morgan fingerprint density at radius 2 is 2.04 bits per heavy atom. The molecule has 0 fully saturated rings. The summed E-state index contributed by atoms with van der Waals surface area (Å²) < 4.78 is 0. The van der Waals surface area contributed by atoms with Gasteiger partial charge in [-0.05, 0) is 23.7 Å². The third kappa shape index (κ3) is 7.05. The molecule has 0 bridgehead atoms. The molecule has 6 heteroatoms. The van der Waals surface area contributed by atoms with Crippen LogP contribution in [0.25, 0.3) is 0 Å². The lowest BCUT2D eigenvalue weighted by Crippen LogP contribution is -2.46. The Balaban J connectivity index is 2.92. The summed E-state index contributed by atoms with van der Waals surface area (Å²) >= 11 is 0. The zero-order valence-corrected chi connectivity index (χ0v) is 15.6. The van der Waals surface area contributed by atoms with Crippen LogP contribution >= 0.6 is 0 Å². The summed E-state index contributed by atoms with van der Waals surface area (Å²) in [5.74, 6) is 1.06. The van der Waals surface area contributed by atoms with Gasteiger partial charge in [0.2, 0.25) is 11.7 Å². The lowest BCUT2D eigenvalue weighted by Gasteiger charge is -2.27. The predicted molar refractivity (Wildman–Crippen MR) is 94.9 cm³/mol. The van der Waals surface area contributed by atoms with Gasteiger partial charge in [-0.25, -0.2) is 15.4 Å². The van der Waals surface area contributed by atoms with Crippen molar-refractivity contribution in [1.29, 1.82) is 5.26 Å². The molecule has 6 nitrogen and oxygen atoms in total. The Bertz CT molecular complexity index is 586. The van der Waals surface area contributed by atoms with E-state index in [-0.39, 0.29) is 23.1 Å². The van der Waals surface area contributed by atoms with Gasteiger partial charge in [0.1, 0.15) is 6.07 Å². The van der Waals surface area contributed by atoms with Crippen molar-refractivity contribution in [2.24, 2.45) is 17.3 Å². The summed E-state index contributed by atoms with van der Waals surface area (Å²) in [7, 11) is 0. The quantitative estimate of drug-likeness (QED) is 0.775. The lowest BCUT2D eigenvalue weighted by molar-refractivity contribution is -0.120. The lowest BCUT2D eigenvalue weighted by atomic mass is 9.84. The number of nitrogens with zero attached hydrogens (tertiary/aromatic N) is 4. The van der Waals surface area contributed by atoms with Crippen LogP contribution < -0.4 is 10.4 Å². The molecule has 1 amide bonds. The minimum atomic E-state index is -0.0463. The van der Waals surface area contributed by atoms with Gasteiger partial charge in [0, 0.05) is 25.2 Å². The number of hydrogen-bond acceptors (Lipinski definition) is 5. The van der Waals surface area contributed by atoms with E-state index in [4.69, 9.17) is 5.26 Å². The highest BCUT2D eigenvalue weighted by Gasteiger charge is 2.23. The zero-order chi connectivity index (χ0) is 18.3. The number of amides is 1. The van der Waals surface area contributed by atoms with Crippen molar-refractivity contribution >= 4 is 11.7 Å². The first kappa shape index (κ1) is 20.0. The molecule has 1 heterocycles. The Hall–Kier alpha value is -2.00. The van der Waals surface area contributed by atoms with Crippen molar-refractivity contribution in [2.45, 2.75) is 54.4 Å². The molecule has 1 atom stereocenters. The Morgan fingerprint density at radius 3 is 2.58 bits per heavy atom. The zero-order valence-electron chi connectivity index (χ0n) is 15.6. The van der Waals surface area contributed by atoms with Crippen LogP contribution in [0.1, 0.15) is 60.2 Å². The van der Waals surface area contributed by atoms with Crippen LogP contribution in [-0.4, -0.2) is 22.4 Å². The van der Waals surface area contributed by atoms with E-state index in [1.165, 1.54) is 11.2 Å². The molecule has 0 spiro atoms. The van der Waals surface area contributed by atoms with Crippen LogP contribution in [0.4, 0.5) is 5.82 Å². The fraction of sp³-hybridized carbons (Fsp3) is 0.667. The van der Waals surface area contributed by atoms with E-state index in [1.54, 1.807) is 6.07 Å². The van der Waals surface area contributed by atoms with Crippen LogP contribution in [0.2, 0.25) is 0 Å². The van der Waals surface area contributed by atoms with Gasteiger partial charge in [0.05, 0.1) is 0 Å². The number of nitriles is 1. The molecule has 1 aromatic heterocycles. The molecule has 1 N–H and O–H groups in total. The first-order chi connectivity index (χ1) is 11.1. The summed E-state index contributed by atoms with van der Waals surface area (Å²) in [4.78, 5) is 20.8. The van der Waals surface area contributed by atoms with Crippen LogP contribution in [0.15, 0.2) is 12.3 Å². The predicted octanol–water partition coefficient (Wildman–Crippen LogP) is 3.30. The second-order valence-electron chi connectivity index (χ2n) is 7.91. The van der Waals surface area contributed by atoms with E-state index in [2.05, 4.69) is 56.9 Å². The maximum absolute atomic E-state index is 12.8. The molecule has 0 aromatic carbocycles. The Kier molecular flexibility index (Phi) is 7.30. The number of hydrogen-bond donors (Lipinski definition) is 1. The summed E-state index contributed by atoms with van der Waals surface area (Å²) in [6.45, 7) is 13.4. The van der Waals surface area contributed by atoms with Crippen molar-refractivity contribution in [3.8, 4) is 6.07 Å². The molecule has 0 saturated heterocycles. The summed E-state index contributed by atoms with van der Waals surface area (Å²) in [6.07, 6.45) is 2.88. The molecule has 24 heavy (non-hydrogen) atoms. The molecule has 0 aliphatic rings. The molecular formula is C18H29N5O. The van der Waals surface area contributed by atoms with Gasteiger partial charge in [-0.3, -0.25) is 4.79 Å². The minimum absolute atomic E-state index is 0.0463. The number of carbonyl (C=O) groups is 1. The van der Waals surface area contributed by atoms with Crippen molar-refractivity contribution in [3.05, 3.63) is 18.1 Å². The van der Waals surface area contributed by atoms with Gasteiger partial charge in [-0.2, -0.15) is 10.2 Å². The topological polar surface area (TPSA) is 81.9 Å². The minimum Gasteiger partial charge on any atom is -0.273 e. The average Bonchev–Trinajstić information content (AvgIpc) is 2.45. The van der Waals surface area contributed by atoms with E-state index >= 15 is 0 Å². The Labute approximate surface area is 145 Å². The molecule has 0 saturated carbocycles. The second kappa shape index (κ2) is 8.74. The first-order valence-electron chi connectivity index (χ1n) is 8.42. The summed E-state index contributed by atoms with van der Waals surface area (Å²) in [5.41, 5.74) is 3.32. The van der Waals surface area contributed by atoms with Gasteiger partial charge in [-0.15, -0.1) is 0 Å². The molecular weight excluding hydrogens is 302 g/mol. The number of anilines is 1. The van der Waals surface area contributed by atoms with E-state index in [0.29, 0.717) is 24.7 Å². The van der Waals surface area contributed by atoms with Crippen LogP contribution in [0, 0.1) is 28.6 Å². The first-order valence-corrected chi connectivity index (χ1v) is 8.42. The number of rotatable bonds is 7. The van der Waals surface area contributed by atoms with Crippen molar-refractivity contribution in [1.82, 2.24) is 15.4 Å². The van der Waals surface area contributed by atoms with E-state index in [1.807, 2.05) is 6.07 Å². The molecule has 0 radical (unpaired) electrons. The summed E-state index contributed by atoms with van der Waals surface area (Å²) in [5, 5.41) is 10.4. The fourth-order valence-corrected chi connectivity index (χ4v) is 2.61. The van der Waals surface area contributed by atoms with Crippen molar-refractivity contribution < 1.29 is 4.79 Å². The second-order valence-corrected chi connectivity index (χ2v) is 7.91. The Morgan fingerprint density at radius 1 is 1.38 bits per heavy atom. The SMILES string of the molecule is CC(C)CNN(C(=O)CC(C)CC(C)(C)C)c1ccnc(C#N)n1. The highest BCUT2D eigenvalue weighted by Crippen LogP contribution is 2.26. The standard InChI is InChI=1S/C18H29N5O/c1-13(2)12-21-23(16-7-8-20-15(11-19)22-16)17(24)9-14(3)10-18(4,5)6/h7-8,13-14,21H,9-10,12H2,1-6H3. The maximum atomic E-state index is 12.8. The molecule has 1 aromatic rings. The normalized spacial score (nSPS) is 12.8. The highest BCUT2D eigenvalue weighted by molar-refractivity contribution is 5.91. The fourth-order valence-electron chi connectivity index (χ4n) is 2.61.